The van der Waals surface area contributed by atoms with Gasteiger partial charge in [-0.15, -0.1) is 0 Å². The van der Waals surface area contributed by atoms with E-state index in [4.69, 9.17) is 9.47 Å². The predicted molar refractivity (Wildman–Crippen MR) is 256 cm³/mol. The first-order chi connectivity index (χ1) is 30.7. The van der Waals surface area contributed by atoms with Crippen LogP contribution in [0.3, 0.4) is 0 Å². The lowest BCUT2D eigenvalue weighted by Crippen LogP contribution is -2.60. The number of nitrogens with one attached hydrogen (secondary N) is 1. The van der Waals surface area contributed by atoms with Crippen molar-refractivity contribution in [2.45, 2.75) is 287 Å². The summed E-state index contributed by atoms with van der Waals surface area (Å²) in [5.74, 6) is -0.711. The Morgan fingerprint density at radius 1 is 0.540 bits per heavy atom. The molecule has 0 bridgehead atoms. The van der Waals surface area contributed by atoms with E-state index in [9.17, 15) is 40.5 Å². The summed E-state index contributed by atoms with van der Waals surface area (Å²) in [6, 6.07) is -1.19. The van der Waals surface area contributed by atoms with Crippen molar-refractivity contribution in [3.8, 4) is 0 Å². The Labute approximate surface area is 384 Å². The lowest BCUT2D eigenvalue weighted by molar-refractivity contribution is -0.303. The second kappa shape index (κ2) is 42.0. The number of allylic oxidation sites excluding steroid dienone is 4. The topological polar surface area (TPSA) is 189 Å². The fraction of sp³-hybridized carbons (Fsp3) is 0.904. The Morgan fingerprint density at radius 3 is 1.38 bits per heavy atom. The molecule has 11 heteroatoms. The van der Waals surface area contributed by atoms with Gasteiger partial charge in [-0.05, 0) is 64.2 Å². The van der Waals surface area contributed by atoms with Crippen LogP contribution in [0.4, 0.5) is 0 Å². The summed E-state index contributed by atoms with van der Waals surface area (Å²) in [5, 5.41) is 75.8. The van der Waals surface area contributed by atoms with Gasteiger partial charge in [0.25, 0.3) is 0 Å². The molecule has 0 aliphatic carbocycles. The van der Waals surface area contributed by atoms with Crippen molar-refractivity contribution in [2.75, 3.05) is 13.2 Å². The van der Waals surface area contributed by atoms with E-state index < -0.39 is 74.2 Å². The Hall–Kier alpha value is -1.41. The van der Waals surface area contributed by atoms with Crippen molar-refractivity contribution < 1.29 is 50.0 Å². The van der Waals surface area contributed by atoms with E-state index in [1.54, 1.807) is 0 Å². The molecular weight excluding hydrogens is 799 g/mol. The number of aliphatic hydroxyl groups excluding tert-OH is 7. The average Bonchev–Trinajstić information content (AvgIpc) is 3.28. The Morgan fingerprint density at radius 2 is 0.937 bits per heavy atom. The molecule has 0 aromatic rings. The molecule has 9 atom stereocenters. The summed E-state index contributed by atoms with van der Waals surface area (Å²) in [4.78, 5) is 13.1. The molecule has 1 fully saturated rings. The van der Waals surface area contributed by atoms with Crippen molar-refractivity contribution >= 4 is 5.91 Å². The molecule has 1 rings (SSSR count). The van der Waals surface area contributed by atoms with E-state index >= 15 is 0 Å². The van der Waals surface area contributed by atoms with Gasteiger partial charge in [-0.2, -0.15) is 0 Å². The average molecular weight is 898 g/mol. The maximum absolute atomic E-state index is 13.1. The molecule has 0 aromatic carbocycles. The van der Waals surface area contributed by atoms with E-state index in [0.29, 0.717) is 12.8 Å². The molecule has 11 nitrogen and oxygen atoms in total. The van der Waals surface area contributed by atoms with Gasteiger partial charge < -0.3 is 50.5 Å². The van der Waals surface area contributed by atoms with Gasteiger partial charge in [0.2, 0.25) is 5.91 Å². The van der Waals surface area contributed by atoms with Gasteiger partial charge in [0.1, 0.15) is 36.6 Å². The van der Waals surface area contributed by atoms with E-state index in [-0.39, 0.29) is 12.8 Å². The Kier molecular flexibility index (Phi) is 39.7. The van der Waals surface area contributed by atoms with Crippen LogP contribution in [0.15, 0.2) is 24.3 Å². The quantitative estimate of drug-likeness (QED) is 0.0216. The Balaban J connectivity index is 2.38. The van der Waals surface area contributed by atoms with Crippen LogP contribution in [-0.2, 0) is 14.3 Å². The largest absolute Gasteiger partial charge is 0.394 e. The molecule has 0 spiro atoms. The van der Waals surface area contributed by atoms with Crippen LogP contribution in [0.2, 0.25) is 0 Å². The number of ether oxygens (including phenoxy) is 2. The van der Waals surface area contributed by atoms with E-state index in [1.165, 1.54) is 135 Å². The van der Waals surface area contributed by atoms with Crippen LogP contribution < -0.4 is 5.32 Å². The van der Waals surface area contributed by atoms with Crippen molar-refractivity contribution in [1.29, 1.82) is 0 Å². The van der Waals surface area contributed by atoms with Crippen molar-refractivity contribution in [1.82, 2.24) is 5.32 Å². The summed E-state index contributed by atoms with van der Waals surface area (Å²) in [5.41, 5.74) is 0. The third-order valence-corrected chi connectivity index (χ3v) is 12.7. The van der Waals surface area contributed by atoms with E-state index in [1.807, 2.05) is 0 Å². The molecule has 1 saturated heterocycles. The maximum Gasteiger partial charge on any atom is 0.249 e. The lowest BCUT2D eigenvalue weighted by atomic mass is 9.98. The first-order valence-corrected chi connectivity index (χ1v) is 26.2. The summed E-state index contributed by atoms with van der Waals surface area (Å²) >= 11 is 0. The third kappa shape index (κ3) is 31.2. The highest BCUT2D eigenvalue weighted by Gasteiger charge is 2.44. The zero-order valence-corrected chi connectivity index (χ0v) is 40.3. The molecule has 1 amide bonds. The minimum atomic E-state index is -1.67. The third-order valence-electron chi connectivity index (χ3n) is 12.7. The molecule has 1 aliphatic rings. The monoisotopic (exact) mass is 898 g/mol. The van der Waals surface area contributed by atoms with E-state index in [2.05, 4.69) is 43.5 Å². The molecule has 9 unspecified atom stereocenters. The van der Waals surface area contributed by atoms with Crippen LogP contribution in [0.1, 0.15) is 232 Å². The number of rotatable bonds is 44. The summed E-state index contributed by atoms with van der Waals surface area (Å²) in [6.07, 6.45) is 36.6. The summed E-state index contributed by atoms with van der Waals surface area (Å²) in [7, 11) is 0. The van der Waals surface area contributed by atoms with Gasteiger partial charge in [-0.1, -0.05) is 192 Å². The second-order valence-electron chi connectivity index (χ2n) is 18.6. The SMILES string of the molecule is CCCCCC/C=C\CCCCCCCCC(O)C(=O)NC(COC1OC(CO)C(O)C(O)C1O)C(O)C(O)CCC/C=C/CCCCCCCCCCCCCCCCCCC. The molecule has 0 aromatic heterocycles. The van der Waals surface area contributed by atoms with Crippen LogP contribution >= 0.6 is 0 Å². The smallest absolute Gasteiger partial charge is 0.249 e. The van der Waals surface area contributed by atoms with Crippen molar-refractivity contribution in [3.05, 3.63) is 24.3 Å². The first-order valence-electron chi connectivity index (χ1n) is 26.2. The fourth-order valence-electron chi connectivity index (χ4n) is 8.38. The first kappa shape index (κ1) is 59.6. The van der Waals surface area contributed by atoms with Crippen molar-refractivity contribution in [2.24, 2.45) is 0 Å². The minimum Gasteiger partial charge on any atom is -0.394 e. The van der Waals surface area contributed by atoms with Gasteiger partial charge in [-0.25, -0.2) is 0 Å². The molecule has 1 aliphatic heterocycles. The minimum absolute atomic E-state index is 0.247. The zero-order valence-electron chi connectivity index (χ0n) is 40.3. The molecule has 8 N–H and O–H groups in total. The van der Waals surface area contributed by atoms with Crippen LogP contribution in [0.5, 0.6) is 0 Å². The van der Waals surface area contributed by atoms with Crippen LogP contribution in [0, 0.1) is 0 Å². The predicted octanol–water partition coefficient (Wildman–Crippen LogP) is 9.79. The lowest BCUT2D eigenvalue weighted by Gasteiger charge is -2.40. The highest BCUT2D eigenvalue weighted by atomic mass is 16.7. The zero-order chi connectivity index (χ0) is 46.2. The van der Waals surface area contributed by atoms with Gasteiger partial charge in [0, 0.05) is 0 Å². The molecule has 1 heterocycles. The standard InChI is InChI=1S/C52H99NO10/c1-3-5-7-9-11-13-15-17-19-20-21-22-23-24-25-26-28-29-31-33-35-37-39-44(55)47(57)43(42-62-52-50(60)49(59)48(58)46(41-54)63-52)53-51(61)45(56)40-38-36-34-32-30-27-18-16-14-12-10-8-6-4-2/h14,16,31,33,43-50,52,54-60H,3-13,15,17-30,32,34-42H2,1-2H3,(H,53,61)/b16-14-,33-31+. The van der Waals surface area contributed by atoms with Crippen molar-refractivity contribution in [3.63, 3.8) is 0 Å². The molecule has 0 radical (unpaired) electrons. The normalized spacial score (nSPS) is 21.3. The van der Waals surface area contributed by atoms with Gasteiger partial charge in [0.05, 0.1) is 25.4 Å². The number of carbonyl (C=O) groups is 1. The summed E-state index contributed by atoms with van der Waals surface area (Å²) in [6.45, 7) is 3.43. The second-order valence-corrected chi connectivity index (χ2v) is 18.6. The number of unbranched alkanes of at least 4 members (excludes halogenated alkanes) is 28. The number of aliphatic hydroxyl groups is 7. The molecule has 63 heavy (non-hydrogen) atoms. The molecular formula is C52H99NO10. The number of amides is 1. The maximum atomic E-state index is 13.1. The van der Waals surface area contributed by atoms with Gasteiger partial charge in [-0.3, -0.25) is 4.79 Å². The number of carbonyl (C=O) groups excluding carboxylic acids is 1. The Bertz CT molecular complexity index is 1080. The number of hydrogen-bond donors (Lipinski definition) is 8. The number of hydrogen-bond acceptors (Lipinski definition) is 10. The highest BCUT2D eigenvalue weighted by Crippen LogP contribution is 2.23. The van der Waals surface area contributed by atoms with Crippen LogP contribution in [-0.4, -0.2) is 110 Å². The molecule has 372 valence electrons. The molecule has 0 saturated carbocycles. The van der Waals surface area contributed by atoms with Gasteiger partial charge >= 0.3 is 0 Å². The highest BCUT2D eigenvalue weighted by molar-refractivity contribution is 5.80. The van der Waals surface area contributed by atoms with E-state index in [0.717, 1.165) is 57.8 Å². The van der Waals surface area contributed by atoms with Crippen LogP contribution in [0.25, 0.3) is 0 Å². The fourth-order valence-corrected chi connectivity index (χ4v) is 8.38. The van der Waals surface area contributed by atoms with Gasteiger partial charge in [0.15, 0.2) is 6.29 Å². The summed E-state index contributed by atoms with van der Waals surface area (Å²) < 4.78 is 11.1.